The Balaban J connectivity index is 1.77. The molecule has 6 heteroatoms. The number of nitrogens with zero attached hydrogens (tertiary/aromatic N) is 2. The molecule has 5 nitrogen and oxygen atoms in total. The van der Waals surface area contributed by atoms with Crippen LogP contribution in [0.3, 0.4) is 0 Å². The van der Waals surface area contributed by atoms with Gasteiger partial charge in [-0.15, -0.1) is 0 Å². The number of nitrogens with two attached hydrogens (primary N) is 1. The predicted octanol–water partition coefficient (Wildman–Crippen LogP) is 2.91. The maximum atomic E-state index is 12.1. The van der Waals surface area contributed by atoms with Gasteiger partial charge in [0.05, 0.1) is 28.1 Å². The highest BCUT2D eigenvalue weighted by Crippen LogP contribution is 2.24. The molecule has 0 aliphatic carbocycles. The van der Waals surface area contributed by atoms with E-state index < -0.39 is 0 Å². The summed E-state index contributed by atoms with van der Waals surface area (Å²) in [5, 5.41) is 3.18. The van der Waals surface area contributed by atoms with Gasteiger partial charge < -0.3 is 15.6 Å². The summed E-state index contributed by atoms with van der Waals surface area (Å²) in [6.07, 6.45) is 1.65. The molecule has 3 aromatic rings. The summed E-state index contributed by atoms with van der Waals surface area (Å²) in [5.41, 5.74) is 8.49. The molecule has 0 bridgehead atoms. The fourth-order valence-electron chi connectivity index (χ4n) is 2.11. The first-order chi connectivity index (χ1) is 10.1. The number of anilines is 2. The molecule has 0 fully saturated rings. The fourth-order valence-corrected chi connectivity index (χ4v) is 2.35. The molecule has 0 saturated heterocycles. The molecule has 1 aromatic heterocycles. The Hall–Kier alpha value is -2.53. The van der Waals surface area contributed by atoms with Gasteiger partial charge in [-0.25, -0.2) is 4.98 Å². The van der Waals surface area contributed by atoms with Crippen LogP contribution in [0.1, 0.15) is 0 Å². The van der Waals surface area contributed by atoms with Gasteiger partial charge in [0.2, 0.25) is 5.91 Å². The first-order valence-corrected chi connectivity index (χ1v) is 6.76. The van der Waals surface area contributed by atoms with Gasteiger partial charge >= 0.3 is 0 Å². The maximum Gasteiger partial charge on any atom is 0.244 e. The van der Waals surface area contributed by atoms with Gasteiger partial charge in [-0.2, -0.15) is 0 Å². The molecule has 1 heterocycles. The summed E-state index contributed by atoms with van der Waals surface area (Å²) in [6, 6.07) is 12.6. The van der Waals surface area contributed by atoms with Crippen molar-refractivity contribution < 1.29 is 4.79 Å². The molecule has 0 atom stereocenters. The number of carbonyl (C=O) groups is 1. The normalized spacial score (nSPS) is 10.7. The third kappa shape index (κ3) is 2.83. The Morgan fingerprint density at radius 3 is 2.90 bits per heavy atom. The Morgan fingerprint density at radius 2 is 2.10 bits per heavy atom. The molecule has 2 aromatic carbocycles. The average Bonchev–Trinajstić information content (AvgIpc) is 2.85. The Bertz CT molecular complexity index is 812. The van der Waals surface area contributed by atoms with Gasteiger partial charge in [-0.3, -0.25) is 4.79 Å². The summed E-state index contributed by atoms with van der Waals surface area (Å²) in [6.45, 7) is 0.168. The Kier molecular flexibility index (Phi) is 3.50. The molecule has 0 spiro atoms. The van der Waals surface area contributed by atoms with Crippen molar-refractivity contribution in [2.75, 3.05) is 11.1 Å². The van der Waals surface area contributed by atoms with Gasteiger partial charge in [0.15, 0.2) is 0 Å². The minimum absolute atomic E-state index is 0.168. The lowest BCUT2D eigenvalue weighted by atomic mass is 10.3. The molecule has 0 radical (unpaired) electrons. The van der Waals surface area contributed by atoms with Crippen LogP contribution in [0, 0.1) is 0 Å². The monoisotopic (exact) mass is 300 g/mol. The van der Waals surface area contributed by atoms with Crippen LogP contribution in [0.25, 0.3) is 11.0 Å². The smallest absolute Gasteiger partial charge is 0.244 e. The quantitative estimate of drug-likeness (QED) is 0.730. The van der Waals surface area contributed by atoms with E-state index in [0.29, 0.717) is 16.4 Å². The summed E-state index contributed by atoms with van der Waals surface area (Å²) in [5.74, 6) is -0.176. The number of carbonyl (C=O) groups excluding carboxylic acids is 1. The second-order valence-electron chi connectivity index (χ2n) is 4.65. The van der Waals surface area contributed by atoms with Crippen molar-refractivity contribution in [1.29, 1.82) is 0 Å². The van der Waals surface area contributed by atoms with Crippen molar-refractivity contribution in [2.24, 2.45) is 0 Å². The summed E-state index contributed by atoms with van der Waals surface area (Å²) in [7, 11) is 0. The number of imidazole rings is 1. The fraction of sp³-hybridized carbons (Fsp3) is 0.0667. The zero-order valence-corrected chi connectivity index (χ0v) is 11.8. The van der Waals surface area contributed by atoms with E-state index in [1.54, 1.807) is 29.1 Å². The molecule has 3 rings (SSSR count). The van der Waals surface area contributed by atoms with E-state index in [4.69, 9.17) is 17.3 Å². The zero-order chi connectivity index (χ0) is 14.8. The van der Waals surface area contributed by atoms with E-state index in [0.717, 1.165) is 11.0 Å². The molecule has 106 valence electrons. The summed E-state index contributed by atoms with van der Waals surface area (Å²) < 4.78 is 1.79. The number of nitrogen functional groups attached to an aromatic ring is 1. The number of hydrogen-bond acceptors (Lipinski definition) is 3. The van der Waals surface area contributed by atoms with Gasteiger partial charge in [0, 0.05) is 5.69 Å². The maximum absolute atomic E-state index is 12.1. The van der Waals surface area contributed by atoms with Crippen molar-refractivity contribution in [3.63, 3.8) is 0 Å². The molecule has 0 aliphatic heterocycles. The van der Waals surface area contributed by atoms with Crippen LogP contribution in [0.4, 0.5) is 11.4 Å². The minimum Gasteiger partial charge on any atom is -0.399 e. The van der Waals surface area contributed by atoms with E-state index in [-0.39, 0.29) is 12.5 Å². The predicted molar refractivity (Wildman–Crippen MR) is 84.2 cm³/mol. The van der Waals surface area contributed by atoms with Crippen LogP contribution in [-0.2, 0) is 11.3 Å². The topological polar surface area (TPSA) is 72.9 Å². The third-order valence-corrected chi connectivity index (χ3v) is 3.42. The molecule has 0 unspecified atom stereocenters. The van der Waals surface area contributed by atoms with Gasteiger partial charge in [0.1, 0.15) is 6.54 Å². The van der Waals surface area contributed by atoms with Crippen molar-refractivity contribution in [3.05, 3.63) is 53.8 Å². The second-order valence-corrected chi connectivity index (χ2v) is 5.06. The van der Waals surface area contributed by atoms with Crippen LogP contribution < -0.4 is 11.1 Å². The molecule has 0 aliphatic rings. The van der Waals surface area contributed by atoms with Crippen LogP contribution in [0.2, 0.25) is 5.02 Å². The molecule has 3 N–H and O–H groups in total. The van der Waals surface area contributed by atoms with Crippen LogP contribution in [-0.4, -0.2) is 15.5 Å². The lowest BCUT2D eigenvalue weighted by molar-refractivity contribution is -0.116. The van der Waals surface area contributed by atoms with Crippen LogP contribution in [0.5, 0.6) is 0 Å². The Morgan fingerprint density at radius 1 is 1.29 bits per heavy atom. The largest absolute Gasteiger partial charge is 0.399 e. The average molecular weight is 301 g/mol. The van der Waals surface area contributed by atoms with Gasteiger partial charge in [-0.1, -0.05) is 23.7 Å². The number of benzene rings is 2. The SMILES string of the molecule is Nc1ccc(NC(=O)Cn2cnc3ccccc32)c(Cl)c1. The highest BCUT2D eigenvalue weighted by atomic mass is 35.5. The number of fused-ring (bicyclic) bond motifs is 1. The summed E-state index contributed by atoms with van der Waals surface area (Å²) >= 11 is 6.04. The zero-order valence-electron chi connectivity index (χ0n) is 11.1. The lowest BCUT2D eigenvalue weighted by Gasteiger charge is -2.09. The molecule has 21 heavy (non-hydrogen) atoms. The van der Waals surface area contributed by atoms with Crippen molar-refractivity contribution in [2.45, 2.75) is 6.54 Å². The number of aromatic nitrogens is 2. The lowest BCUT2D eigenvalue weighted by Crippen LogP contribution is -2.18. The first-order valence-electron chi connectivity index (χ1n) is 6.38. The second kappa shape index (κ2) is 5.46. The number of nitrogens with one attached hydrogen (secondary N) is 1. The molecular formula is C15H13ClN4O. The number of amides is 1. The molecular weight excluding hydrogens is 288 g/mol. The van der Waals surface area contributed by atoms with E-state index in [9.17, 15) is 4.79 Å². The van der Waals surface area contributed by atoms with Crippen molar-refractivity contribution >= 4 is 39.9 Å². The van der Waals surface area contributed by atoms with E-state index >= 15 is 0 Å². The highest BCUT2D eigenvalue weighted by molar-refractivity contribution is 6.34. The van der Waals surface area contributed by atoms with E-state index in [2.05, 4.69) is 10.3 Å². The molecule has 1 amide bonds. The Labute approximate surface area is 126 Å². The van der Waals surface area contributed by atoms with E-state index in [1.165, 1.54) is 0 Å². The number of hydrogen-bond donors (Lipinski definition) is 2. The van der Waals surface area contributed by atoms with Crippen LogP contribution >= 0.6 is 11.6 Å². The van der Waals surface area contributed by atoms with Gasteiger partial charge in [0.25, 0.3) is 0 Å². The minimum atomic E-state index is -0.176. The summed E-state index contributed by atoms with van der Waals surface area (Å²) in [4.78, 5) is 16.4. The molecule has 0 saturated carbocycles. The number of rotatable bonds is 3. The first kappa shape index (κ1) is 13.5. The number of halogens is 1. The number of para-hydroxylation sites is 2. The van der Waals surface area contributed by atoms with Gasteiger partial charge in [-0.05, 0) is 30.3 Å². The standard InChI is InChI=1S/C15H13ClN4O/c16-11-7-10(17)5-6-12(11)19-15(21)8-20-9-18-13-3-1-2-4-14(13)20/h1-7,9H,8,17H2,(H,19,21). The van der Waals surface area contributed by atoms with Crippen molar-refractivity contribution in [3.8, 4) is 0 Å². The highest BCUT2D eigenvalue weighted by Gasteiger charge is 2.09. The van der Waals surface area contributed by atoms with E-state index in [1.807, 2.05) is 24.3 Å². The third-order valence-electron chi connectivity index (χ3n) is 3.11. The van der Waals surface area contributed by atoms with Crippen LogP contribution in [0.15, 0.2) is 48.8 Å². The van der Waals surface area contributed by atoms with Crippen molar-refractivity contribution in [1.82, 2.24) is 9.55 Å².